The maximum Gasteiger partial charge on any atom is 0.382 e. The quantitative estimate of drug-likeness (QED) is 0.796. The minimum atomic E-state index is -3.96. The Balaban J connectivity index is 2.17. The third-order valence-electron chi connectivity index (χ3n) is 2.65. The lowest BCUT2D eigenvalue weighted by Gasteiger charge is -2.14. The Bertz CT molecular complexity index is 674. The Morgan fingerprint density at radius 2 is 1.90 bits per heavy atom. The number of nitrogens with zero attached hydrogens (tertiary/aromatic N) is 1. The van der Waals surface area contributed by atoms with Gasteiger partial charge in [-0.25, -0.2) is 9.55 Å². The van der Waals surface area contributed by atoms with E-state index in [1.54, 1.807) is 36.4 Å². The monoisotopic (exact) mass is 307 g/mol. The highest BCUT2D eigenvalue weighted by molar-refractivity contribution is 7.52. The van der Waals surface area contributed by atoms with Crippen molar-refractivity contribution < 1.29 is 23.9 Å². The predicted octanol–water partition coefficient (Wildman–Crippen LogP) is 2.47. The van der Waals surface area contributed by atoms with Crippen LogP contribution in [0.15, 0.2) is 48.7 Å². The largest absolute Gasteiger partial charge is 0.481 e. The van der Waals surface area contributed by atoms with E-state index in [-0.39, 0.29) is 24.0 Å². The van der Waals surface area contributed by atoms with Crippen LogP contribution in [0.2, 0.25) is 0 Å². The topological polar surface area (TPSA) is 96.7 Å². The molecule has 2 aromatic rings. The maximum atomic E-state index is 12.1. The molecule has 0 spiro atoms. The molecule has 0 fully saturated rings. The summed E-state index contributed by atoms with van der Waals surface area (Å²) in [5.41, 5.74) is 0.909. The van der Waals surface area contributed by atoms with E-state index in [1.165, 1.54) is 12.3 Å². The molecule has 1 unspecified atom stereocenters. The first-order valence-corrected chi connectivity index (χ1v) is 7.93. The van der Waals surface area contributed by atoms with E-state index < -0.39 is 13.6 Å². The van der Waals surface area contributed by atoms with Gasteiger partial charge in [0.05, 0.1) is 12.6 Å². The fourth-order valence-electron chi connectivity index (χ4n) is 1.79. The first kappa shape index (κ1) is 15.2. The summed E-state index contributed by atoms with van der Waals surface area (Å²) in [6.45, 7) is 0. The van der Waals surface area contributed by atoms with Crippen molar-refractivity contribution in [2.45, 2.75) is 12.6 Å². The summed E-state index contributed by atoms with van der Waals surface area (Å²) in [6.07, 6.45) is 0.884. The molecule has 0 saturated heterocycles. The minimum absolute atomic E-state index is 0.123. The lowest BCUT2D eigenvalue weighted by molar-refractivity contribution is -0.136. The van der Waals surface area contributed by atoms with Gasteiger partial charge in [-0.15, -0.1) is 0 Å². The summed E-state index contributed by atoms with van der Waals surface area (Å²) < 4.78 is 17.2. The number of carboxylic acids is 1. The average molecular weight is 307 g/mol. The normalized spacial score (nSPS) is 13.4. The van der Waals surface area contributed by atoms with Crippen LogP contribution >= 0.6 is 7.60 Å². The molecular formula is C14H14NO5P. The molecule has 1 heterocycles. The van der Waals surface area contributed by atoms with Crippen LogP contribution in [0.1, 0.15) is 11.1 Å². The van der Waals surface area contributed by atoms with Crippen LogP contribution in [0.5, 0.6) is 5.88 Å². The van der Waals surface area contributed by atoms with Crippen molar-refractivity contribution in [2.24, 2.45) is 0 Å². The predicted molar refractivity (Wildman–Crippen MR) is 76.2 cm³/mol. The average Bonchev–Trinajstić information content (AvgIpc) is 2.41. The molecule has 110 valence electrons. The van der Waals surface area contributed by atoms with E-state index in [0.29, 0.717) is 5.56 Å². The number of hydrogen-bond donors (Lipinski definition) is 2. The van der Waals surface area contributed by atoms with Crippen molar-refractivity contribution in [1.82, 2.24) is 4.98 Å². The Morgan fingerprint density at radius 3 is 2.57 bits per heavy atom. The Morgan fingerprint density at radius 1 is 1.19 bits per heavy atom. The molecule has 0 aliphatic carbocycles. The summed E-state index contributed by atoms with van der Waals surface area (Å²) >= 11 is 0. The van der Waals surface area contributed by atoms with Gasteiger partial charge in [0.1, 0.15) is 0 Å². The van der Waals surface area contributed by atoms with Gasteiger partial charge < -0.3 is 14.5 Å². The van der Waals surface area contributed by atoms with Gasteiger partial charge >= 0.3 is 13.6 Å². The standard InChI is InChI=1S/C14H14NO5P/c16-13(17)9-12-7-4-8-15-14(12)20-21(18,19)10-11-5-2-1-3-6-11/h1-8H,9-10H2,(H,16,17)(H,18,19). The van der Waals surface area contributed by atoms with Gasteiger partial charge in [0.25, 0.3) is 0 Å². The zero-order valence-corrected chi connectivity index (χ0v) is 11.9. The SMILES string of the molecule is O=C(O)Cc1cccnc1OP(=O)(O)Cc1ccccc1. The maximum absolute atomic E-state index is 12.1. The summed E-state index contributed by atoms with van der Waals surface area (Å²) in [5, 5.41) is 8.81. The van der Waals surface area contributed by atoms with Crippen molar-refractivity contribution in [1.29, 1.82) is 0 Å². The Labute approximate surface area is 121 Å². The Kier molecular flexibility index (Phi) is 4.73. The zero-order valence-electron chi connectivity index (χ0n) is 11.0. The van der Waals surface area contributed by atoms with Gasteiger partial charge in [-0.05, 0) is 11.6 Å². The van der Waals surface area contributed by atoms with Crippen LogP contribution < -0.4 is 4.52 Å². The van der Waals surface area contributed by atoms with Gasteiger partial charge in [-0.1, -0.05) is 36.4 Å². The van der Waals surface area contributed by atoms with Gasteiger partial charge in [0.2, 0.25) is 5.88 Å². The number of benzene rings is 1. The summed E-state index contributed by atoms with van der Waals surface area (Å²) in [5.74, 6) is -1.19. The molecule has 2 N–H and O–H groups in total. The van der Waals surface area contributed by atoms with Crippen molar-refractivity contribution >= 4 is 13.6 Å². The highest BCUT2D eigenvalue weighted by Gasteiger charge is 2.24. The van der Waals surface area contributed by atoms with Gasteiger partial charge in [-0.2, -0.15) is 0 Å². The molecule has 0 aliphatic heterocycles. The fourth-order valence-corrected chi connectivity index (χ4v) is 2.96. The van der Waals surface area contributed by atoms with E-state index in [2.05, 4.69) is 4.98 Å². The summed E-state index contributed by atoms with van der Waals surface area (Å²) in [6, 6.07) is 11.8. The molecule has 1 aromatic carbocycles. The number of rotatable bonds is 6. The lowest BCUT2D eigenvalue weighted by atomic mass is 10.2. The third-order valence-corrected chi connectivity index (χ3v) is 3.87. The van der Waals surface area contributed by atoms with Crippen LogP contribution in [0.3, 0.4) is 0 Å². The van der Waals surface area contributed by atoms with E-state index in [1.807, 2.05) is 0 Å². The van der Waals surface area contributed by atoms with Crippen molar-refractivity contribution in [3.63, 3.8) is 0 Å². The van der Waals surface area contributed by atoms with Crippen LogP contribution in [-0.2, 0) is 21.9 Å². The molecule has 0 aliphatic rings. The number of aromatic nitrogens is 1. The van der Waals surface area contributed by atoms with E-state index in [0.717, 1.165) is 0 Å². The number of hydrogen-bond acceptors (Lipinski definition) is 4. The second-order valence-corrected chi connectivity index (χ2v) is 6.18. The zero-order chi connectivity index (χ0) is 15.3. The molecular weight excluding hydrogens is 293 g/mol. The van der Waals surface area contributed by atoms with Crippen LogP contribution in [0.25, 0.3) is 0 Å². The van der Waals surface area contributed by atoms with E-state index in [9.17, 15) is 14.3 Å². The van der Waals surface area contributed by atoms with Crippen LogP contribution in [0.4, 0.5) is 0 Å². The highest BCUT2D eigenvalue weighted by Crippen LogP contribution is 2.46. The smallest absolute Gasteiger partial charge is 0.382 e. The minimum Gasteiger partial charge on any atom is -0.481 e. The van der Waals surface area contributed by atoms with E-state index in [4.69, 9.17) is 9.63 Å². The third kappa shape index (κ3) is 4.70. The molecule has 1 aromatic heterocycles. The van der Waals surface area contributed by atoms with Crippen molar-refractivity contribution in [3.05, 3.63) is 59.8 Å². The van der Waals surface area contributed by atoms with E-state index >= 15 is 0 Å². The highest BCUT2D eigenvalue weighted by atomic mass is 31.2. The first-order valence-electron chi connectivity index (χ1n) is 6.17. The molecule has 2 rings (SSSR count). The second-order valence-electron chi connectivity index (χ2n) is 4.41. The molecule has 0 amide bonds. The fraction of sp³-hybridized carbons (Fsp3) is 0.143. The summed E-state index contributed by atoms with van der Waals surface area (Å²) in [7, 11) is -3.96. The number of aliphatic carboxylic acids is 1. The van der Waals surface area contributed by atoms with Gasteiger partial charge in [-0.3, -0.25) is 4.79 Å². The van der Waals surface area contributed by atoms with Crippen molar-refractivity contribution in [3.8, 4) is 5.88 Å². The number of carbonyl (C=O) groups is 1. The van der Waals surface area contributed by atoms with Gasteiger partial charge in [0.15, 0.2) is 0 Å². The molecule has 0 radical (unpaired) electrons. The molecule has 0 bridgehead atoms. The lowest BCUT2D eigenvalue weighted by Crippen LogP contribution is -2.05. The first-order chi connectivity index (χ1) is 9.96. The molecule has 7 heteroatoms. The van der Waals surface area contributed by atoms with Crippen LogP contribution in [0, 0.1) is 0 Å². The molecule has 21 heavy (non-hydrogen) atoms. The molecule has 0 saturated carbocycles. The molecule has 1 atom stereocenters. The number of carboxylic acid groups (broad SMARTS) is 1. The second kappa shape index (κ2) is 6.52. The van der Waals surface area contributed by atoms with Gasteiger partial charge in [0, 0.05) is 11.8 Å². The van der Waals surface area contributed by atoms with Crippen LogP contribution in [-0.4, -0.2) is 21.0 Å². The summed E-state index contributed by atoms with van der Waals surface area (Å²) in [4.78, 5) is 24.5. The van der Waals surface area contributed by atoms with Crippen molar-refractivity contribution in [2.75, 3.05) is 0 Å². The Hall–Kier alpha value is -2.17. The molecule has 6 nitrogen and oxygen atoms in total. The number of pyridine rings is 1.